The number of hydrogen-bond donors (Lipinski definition) is 2. The summed E-state index contributed by atoms with van der Waals surface area (Å²) < 4.78 is 0. The summed E-state index contributed by atoms with van der Waals surface area (Å²) in [4.78, 5) is 2.61. The molecule has 2 aliphatic rings. The topological polar surface area (TPSA) is 41.3 Å². The van der Waals surface area contributed by atoms with E-state index in [1.165, 1.54) is 51.9 Å². The SMILES string of the molecule is NCC(C1CCCNC1)N1CCCC1. The Bertz CT molecular complexity index is 160. The Morgan fingerprint density at radius 2 is 2.07 bits per heavy atom. The van der Waals surface area contributed by atoms with Crippen LogP contribution in [0.15, 0.2) is 0 Å². The molecule has 0 radical (unpaired) electrons. The normalized spacial score (nSPS) is 31.9. The van der Waals surface area contributed by atoms with Crippen molar-refractivity contribution in [3.63, 3.8) is 0 Å². The summed E-state index contributed by atoms with van der Waals surface area (Å²) in [5.74, 6) is 0.798. The van der Waals surface area contributed by atoms with Crippen molar-refractivity contribution in [2.24, 2.45) is 11.7 Å². The van der Waals surface area contributed by atoms with Gasteiger partial charge in [-0.15, -0.1) is 0 Å². The highest BCUT2D eigenvalue weighted by Crippen LogP contribution is 2.22. The van der Waals surface area contributed by atoms with Crippen molar-refractivity contribution in [3.05, 3.63) is 0 Å². The summed E-state index contributed by atoms with van der Waals surface area (Å²) in [6.07, 6.45) is 5.44. The molecule has 0 bridgehead atoms. The summed E-state index contributed by atoms with van der Waals surface area (Å²) >= 11 is 0. The van der Waals surface area contributed by atoms with Crippen LogP contribution in [0.3, 0.4) is 0 Å². The number of rotatable bonds is 3. The number of piperidine rings is 1. The first-order valence-corrected chi connectivity index (χ1v) is 6.06. The Morgan fingerprint density at radius 1 is 1.29 bits per heavy atom. The van der Waals surface area contributed by atoms with Gasteiger partial charge in [-0.25, -0.2) is 0 Å². The van der Waals surface area contributed by atoms with Gasteiger partial charge in [0.2, 0.25) is 0 Å². The summed E-state index contributed by atoms with van der Waals surface area (Å²) in [5, 5.41) is 3.49. The third kappa shape index (κ3) is 2.27. The number of nitrogens with zero attached hydrogens (tertiary/aromatic N) is 1. The van der Waals surface area contributed by atoms with Gasteiger partial charge >= 0.3 is 0 Å². The number of nitrogens with one attached hydrogen (secondary N) is 1. The van der Waals surface area contributed by atoms with Crippen molar-refractivity contribution in [1.82, 2.24) is 10.2 Å². The number of nitrogens with two attached hydrogens (primary N) is 1. The molecule has 0 aromatic heterocycles. The Morgan fingerprint density at radius 3 is 2.64 bits per heavy atom. The molecule has 0 saturated carbocycles. The molecular weight excluding hydrogens is 174 g/mol. The van der Waals surface area contributed by atoms with E-state index < -0.39 is 0 Å². The standard InChI is InChI=1S/C11H23N3/c12-8-11(14-6-1-2-7-14)10-4-3-5-13-9-10/h10-11,13H,1-9,12H2. The molecule has 2 heterocycles. The fourth-order valence-corrected chi connectivity index (χ4v) is 2.92. The van der Waals surface area contributed by atoms with Crippen LogP contribution >= 0.6 is 0 Å². The van der Waals surface area contributed by atoms with Gasteiger partial charge in [0.1, 0.15) is 0 Å². The van der Waals surface area contributed by atoms with E-state index in [1.54, 1.807) is 0 Å². The zero-order valence-electron chi connectivity index (χ0n) is 9.04. The van der Waals surface area contributed by atoms with Crippen molar-refractivity contribution in [3.8, 4) is 0 Å². The first-order chi connectivity index (χ1) is 6.92. The molecule has 2 aliphatic heterocycles. The van der Waals surface area contributed by atoms with Crippen LogP contribution in [0.5, 0.6) is 0 Å². The van der Waals surface area contributed by atoms with E-state index in [9.17, 15) is 0 Å². The van der Waals surface area contributed by atoms with Gasteiger partial charge in [-0.2, -0.15) is 0 Å². The average molecular weight is 197 g/mol. The smallest absolute Gasteiger partial charge is 0.0258 e. The first-order valence-electron chi connectivity index (χ1n) is 6.06. The van der Waals surface area contributed by atoms with Gasteiger partial charge in [0, 0.05) is 12.6 Å². The molecule has 3 heteroatoms. The first kappa shape index (κ1) is 10.4. The molecule has 2 rings (SSSR count). The fourth-order valence-electron chi connectivity index (χ4n) is 2.92. The maximum absolute atomic E-state index is 5.91. The number of hydrogen-bond acceptors (Lipinski definition) is 3. The lowest BCUT2D eigenvalue weighted by Crippen LogP contribution is -2.49. The van der Waals surface area contributed by atoms with E-state index in [-0.39, 0.29) is 0 Å². The monoisotopic (exact) mass is 197 g/mol. The molecule has 2 unspecified atom stereocenters. The minimum absolute atomic E-state index is 0.644. The highest BCUT2D eigenvalue weighted by molar-refractivity contribution is 4.86. The van der Waals surface area contributed by atoms with E-state index in [4.69, 9.17) is 5.73 Å². The van der Waals surface area contributed by atoms with Gasteiger partial charge in [0.25, 0.3) is 0 Å². The minimum Gasteiger partial charge on any atom is -0.329 e. The second-order valence-corrected chi connectivity index (χ2v) is 4.65. The third-order valence-electron chi connectivity index (χ3n) is 3.73. The van der Waals surface area contributed by atoms with Crippen molar-refractivity contribution in [1.29, 1.82) is 0 Å². The van der Waals surface area contributed by atoms with E-state index in [2.05, 4.69) is 10.2 Å². The molecule has 14 heavy (non-hydrogen) atoms. The maximum atomic E-state index is 5.91. The van der Waals surface area contributed by atoms with Crippen molar-refractivity contribution >= 4 is 0 Å². The van der Waals surface area contributed by atoms with E-state index >= 15 is 0 Å². The van der Waals surface area contributed by atoms with Crippen molar-refractivity contribution < 1.29 is 0 Å². The Kier molecular flexibility index (Phi) is 3.79. The fraction of sp³-hybridized carbons (Fsp3) is 1.00. The predicted molar refractivity (Wildman–Crippen MR) is 59.2 cm³/mol. The van der Waals surface area contributed by atoms with Crippen molar-refractivity contribution in [2.75, 3.05) is 32.7 Å². The third-order valence-corrected chi connectivity index (χ3v) is 3.73. The Balaban J connectivity index is 1.89. The average Bonchev–Trinajstić information content (AvgIpc) is 2.74. The largest absolute Gasteiger partial charge is 0.329 e. The van der Waals surface area contributed by atoms with E-state index in [0.29, 0.717) is 6.04 Å². The molecule has 2 atom stereocenters. The number of likely N-dealkylation sites (tertiary alicyclic amines) is 1. The van der Waals surface area contributed by atoms with Gasteiger partial charge in [-0.3, -0.25) is 4.90 Å². The van der Waals surface area contributed by atoms with Gasteiger partial charge in [-0.05, 0) is 57.8 Å². The summed E-state index contributed by atoms with van der Waals surface area (Å²) in [7, 11) is 0. The summed E-state index contributed by atoms with van der Waals surface area (Å²) in [6, 6.07) is 0.644. The van der Waals surface area contributed by atoms with Crippen LogP contribution in [0, 0.1) is 5.92 Å². The predicted octanol–water partition coefficient (Wildman–Crippen LogP) is 0.409. The molecule has 0 amide bonds. The second kappa shape index (κ2) is 5.10. The lowest BCUT2D eigenvalue weighted by molar-refractivity contribution is 0.156. The molecule has 3 nitrogen and oxygen atoms in total. The second-order valence-electron chi connectivity index (χ2n) is 4.65. The summed E-state index contributed by atoms with van der Waals surface area (Å²) in [5.41, 5.74) is 5.91. The highest BCUT2D eigenvalue weighted by atomic mass is 15.2. The minimum atomic E-state index is 0.644. The lowest BCUT2D eigenvalue weighted by atomic mass is 9.91. The molecule has 0 aromatic carbocycles. The van der Waals surface area contributed by atoms with Crippen LogP contribution in [-0.2, 0) is 0 Å². The van der Waals surface area contributed by atoms with Crippen LogP contribution in [-0.4, -0.2) is 43.7 Å². The Hall–Kier alpha value is -0.120. The lowest BCUT2D eigenvalue weighted by Gasteiger charge is -2.36. The summed E-state index contributed by atoms with van der Waals surface area (Å²) in [6.45, 7) is 5.77. The van der Waals surface area contributed by atoms with E-state index in [1.807, 2.05) is 0 Å². The molecular formula is C11H23N3. The van der Waals surface area contributed by atoms with Crippen LogP contribution < -0.4 is 11.1 Å². The molecule has 0 spiro atoms. The molecule has 0 aromatic rings. The Labute approximate surface area is 87.0 Å². The van der Waals surface area contributed by atoms with Gasteiger partial charge in [0.05, 0.1) is 0 Å². The maximum Gasteiger partial charge on any atom is 0.0258 e. The molecule has 2 saturated heterocycles. The zero-order valence-corrected chi connectivity index (χ0v) is 9.04. The van der Waals surface area contributed by atoms with Crippen LogP contribution in [0.2, 0.25) is 0 Å². The molecule has 2 fully saturated rings. The van der Waals surface area contributed by atoms with Gasteiger partial charge in [-0.1, -0.05) is 0 Å². The zero-order chi connectivity index (χ0) is 9.80. The molecule has 0 aliphatic carbocycles. The van der Waals surface area contributed by atoms with Crippen molar-refractivity contribution in [2.45, 2.75) is 31.7 Å². The van der Waals surface area contributed by atoms with Gasteiger partial charge in [0.15, 0.2) is 0 Å². The molecule has 82 valence electrons. The quantitative estimate of drug-likeness (QED) is 0.688. The van der Waals surface area contributed by atoms with Crippen LogP contribution in [0.25, 0.3) is 0 Å². The van der Waals surface area contributed by atoms with Crippen LogP contribution in [0.1, 0.15) is 25.7 Å². The van der Waals surface area contributed by atoms with Gasteiger partial charge < -0.3 is 11.1 Å². The highest BCUT2D eigenvalue weighted by Gasteiger charge is 2.28. The van der Waals surface area contributed by atoms with Crippen LogP contribution in [0.4, 0.5) is 0 Å². The van der Waals surface area contributed by atoms with E-state index in [0.717, 1.165) is 12.5 Å². The molecule has 3 N–H and O–H groups in total.